The lowest BCUT2D eigenvalue weighted by Crippen LogP contribution is -2.32. The fraction of sp³-hybridized carbons (Fsp3) is 0.367. The second-order valence-electron chi connectivity index (χ2n) is 10.0. The van der Waals surface area contributed by atoms with Crippen LogP contribution in [0.5, 0.6) is 11.5 Å². The molecular formula is C30H32ClN3O5S. The van der Waals surface area contributed by atoms with E-state index < -0.39 is 5.97 Å². The number of carboxylic acids is 1. The Labute approximate surface area is 242 Å². The molecule has 4 aromatic rings. The molecule has 0 bridgehead atoms. The van der Waals surface area contributed by atoms with Crippen molar-refractivity contribution in [2.24, 2.45) is 11.8 Å². The number of fused-ring (bicyclic) bond motifs is 2. The zero-order valence-corrected chi connectivity index (χ0v) is 24.3. The van der Waals surface area contributed by atoms with Gasteiger partial charge in [-0.1, -0.05) is 49.1 Å². The number of para-hydroxylation sites is 1. The molecule has 0 aliphatic heterocycles. The maximum atomic E-state index is 13.6. The first kappa shape index (κ1) is 28.0. The van der Waals surface area contributed by atoms with Crippen LogP contribution in [0.25, 0.3) is 22.2 Å². The molecule has 0 spiro atoms. The Kier molecular flexibility index (Phi) is 8.32. The van der Waals surface area contributed by atoms with E-state index in [0.717, 1.165) is 5.39 Å². The van der Waals surface area contributed by atoms with Crippen LogP contribution in [0.15, 0.2) is 47.8 Å². The smallest absolute Gasteiger partial charge is 0.323 e. The van der Waals surface area contributed by atoms with E-state index in [1.165, 1.54) is 53.3 Å². The minimum absolute atomic E-state index is 0.285. The summed E-state index contributed by atoms with van der Waals surface area (Å²) in [6.07, 6.45) is 6.24. The van der Waals surface area contributed by atoms with Gasteiger partial charge in [0.2, 0.25) is 0 Å². The number of carbonyl (C=O) groups is 2. The fourth-order valence-corrected chi connectivity index (χ4v) is 6.55. The summed E-state index contributed by atoms with van der Waals surface area (Å²) in [5.74, 6) is 2.07. The molecule has 2 heterocycles. The van der Waals surface area contributed by atoms with Gasteiger partial charge in [0, 0.05) is 34.5 Å². The molecule has 0 radical (unpaired) electrons. The molecule has 2 fully saturated rings. The van der Waals surface area contributed by atoms with Gasteiger partial charge >= 0.3 is 5.97 Å². The first-order valence-electron chi connectivity index (χ1n) is 13.3. The van der Waals surface area contributed by atoms with E-state index in [-0.39, 0.29) is 18.1 Å². The highest BCUT2D eigenvalue weighted by Crippen LogP contribution is 2.51. The van der Waals surface area contributed by atoms with Gasteiger partial charge in [0.25, 0.3) is 5.91 Å². The van der Waals surface area contributed by atoms with Crippen LogP contribution in [-0.2, 0) is 11.3 Å². The molecule has 0 saturated heterocycles. The van der Waals surface area contributed by atoms with E-state index in [4.69, 9.17) is 21.1 Å². The number of ether oxygens (including phenoxy) is 2. The van der Waals surface area contributed by atoms with E-state index in [1.54, 1.807) is 43.5 Å². The average Bonchev–Trinajstić information content (AvgIpc) is 3.30. The van der Waals surface area contributed by atoms with Crippen molar-refractivity contribution in [2.75, 3.05) is 25.7 Å². The maximum Gasteiger partial charge on any atom is 0.323 e. The predicted octanol–water partition coefficient (Wildman–Crippen LogP) is 6.99. The van der Waals surface area contributed by atoms with Gasteiger partial charge in [-0.2, -0.15) is 0 Å². The number of carboxylic acid groups (broad SMARTS) is 1. The van der Waals surface area contributed by atoms with Crippen LogP contribution in [0.4, 0.5) is 5.13 Å². The van der Waals surface area contributed by atoms with Crippen molar-refractivity contribution in [3.05, 3.63) is 58.6 Å². The van der Waals surface area contributed by atoms with Crippen LogP contribution in [0.3, 0.4) is 0 Å². The zero-order chi connectivity index (χ0) is 28.4. The molecule has 1 amide bonds. The van der Waals surface area contributed by atoms with Gasteiger partial charge in [-0.15, -0.1) is 11.3 Å². The molecule has 1 N–H and O–H groups in total. The number of rotatable bonds is 8. The van der Waals surface area contributed by atoms with Crippen LogP contribution >= 0.6 is 22.9 Å². The summed E-state index contributed by atoms with van der Waals surface area (Å²) in [5.41, 5.74) is 2.24. The van der Waals surface area contributed by atoms with Crippen LogP contribution in [0.2, 0.25) is 5.02 Å². The molecule has 2 aliphatic carbocycles. The lowest BCUT2D eigenvalue weighted by Gasteiger charge is -2.19. The molecule has 8 nitrogen and oxygen atoms in total. The van der Waals surface area contributed by atoms with E-state index >= 15 is 0 Å². The number of hydrogen-bond acceptors (Lipinski definition) is 6. The van der Waals surface area contributed by atoms with Crippen molar-refractivity contribution in [1.29, 1.82) is 0 Å². The molecule has 2 aromatic carbocycles. The molecular weight excluding hydrogens is 550 g/mol. The van der Waals surface area contributed by atoms with E-state index in [0.29, 0.717) is 45.0 Å². The molecule has 6 rings (SSSR count). The topological polar surface area (TPSA) is 93.9 Å². The Bertz CT molecular complexity index is 1540. The lowest BCUT2D eigenvalue weighted by molar-refractivity contribution is -0.137. The third-order valence-corrected chi connectivity index (χ3v) is 8.74. The average molecular weight is 582 g/mol. The number of amides is 1. The van der Waals surface area contributed by atoms with Crippen molar-refractivity contribution < 1.29 is 24.2 Å². The number of carbonyl (C=O) groups excluding carboxylic acids is 1. The molecule has 2 aromatic heterocycles. The SMILES string of the molecule is C1CC2CC2C1.CCN(C(=O)c1cc2ccccc2n1CC(=O)O)c1nc(-c2cc(OC)c(Cl)cc2OC)cs1. The van der Waals surface area contributed by atoms with Crippen molar-refractivity contribution in [1.82, 2.24) is 9.55 Å². The monoisotopic (exact) mass is 581 g/mol. The van der Waals surface area contributed by atoms with Crippen LogP contribution in [0, 0.1) is 11.8 Å². The summed E-state index contributed by atoms with van der Waals surface area (Å²) < 4.78 is 12.3. The molecule has 2 unspecified atom stereocenters. The Morgan fingerprint density at radius 1 is 1.12 bits per heavy atom. The summed E-state index contributed by atoms with van der Waals surface area (Å²) in [7, 11) is 3.07. The molecule has 210 valence electrons. The summed E-state index contributed by atoms with van der Waals surface area (Å²) in [6, 6.07) is 12.4. The predicted molar refractivity (Wildman–Crippen MR) is 158 cm³/mol. The van der Waals surface area contributed by atoms with Gasteiger partial charge in [-0.05, 0) is 43.4 Å². The number of benzene rings is 2. The van der Waals surface area contributed by atoms with Gasteiger partial charge in [-0.3, -0.25) is 14.5 Å². The van der Waals surface area contributed by atoms with E-state index in [2.05, 4.69) is 4.98 Å². The van der Waals surface area contributed by atoms with Gasteiger partial charge < -0.3 is 19.1 Å². The number of thiazole rings is 1. The minimum Gasteiger partial charge on any atom is -0.496 e. The fourth-order valence-electron chi connectivity index (χ4n) is 5.43. The zero-order valence-electron chi connectivity index (χ0n) is 22.7. The second-order valence-corrected chi connectivity index (χ2v) is 11.3. The van der Waals surface area contributed by atoms with E-state index in [9.17, 15) is 14.7 Å². The number of halogens is 1. The largest absolute Gasteiger partial charge is 0.496 e. The highest BCUT2D eigenvalue weighted by atomic mass is 35.5. The molecule has 2 atom stereocenters. The number of nitrogens with zero attached hydrogens (tertiary/aromatic N) is 3. The van der Waals surface area contributed by atoms with Gasteiger partial charge in [0.1, 0.15) is 23.7 Å². The standard InChI is InChI=1S/C24H22ClN3O5S.C6H10/c1-4-27(23(31)19-9-14-7-5-6-8-18(14)28(19)12-22(29)30)24-26-17(13-34-24)15-10-21(33-3)16(25)11-20(15)32-2;1-2-5-4-6(5)3-1/h5-11,13H,4,12H2,1-3H3,(H,29,30);5-6H,1-4H2. The maximum absolute atomic E-state index is 13.6. The molecule has 10 heteroatoms. The minimum atomic E-state index is -1.03. The van der Waals surface area contributed by atoms with Crippen LogP contribution in [0.1, 0.15) is 43.1 Å². The van der Waals surface area contributed by atoms with Gasteiger partial charge in [0.05, 0.1) is 24.9 Å². The van der Waals surface area contributed by atoms with Crippen molar-refractivity contribution >= 4 is 50.8 Å². The number of methoxy groups -OCH3 is 2. The van der Waals surface area contributed by atoms with Gasteiger partial charge in [0.15, 0.2) is 5.13 Å². The Hall–Kier alpha value is -3.56. The number of aromatic nitrogens is 2. The second kappa shape index (κ2) is 11.9. The quantitative estimate of drug-likeness (QED) is 0.241. The van der Waals surface area contributed by atoms with Crippen molar-refractivity contribution in [3.8, 4) is 22.8 Å². The molecule has 2 aliphatic rings. The number of hydrogen-bond donors (Lipinski definition) is 1. The summed E-state index contributed by atoms with van der Waals surface area (Å²) in [6.45, 7) is 1.87. The summed E-state index contributed by atoms with van der Waals surface area (Å²) in [5, 5.41) is 12.9. The van der Waals surface area contributed by atoms with Crippen molar-refractivity contribution in [2.45, 2.75) is 39.2 Å². The number of anilines is 1. The highest BCUT2D eigenvalue weighted by Gasteiger charge is 2.40. The first-order chi connectivity index (χ1) is 19.3. The first-order valence-corrected chi connectivity index (χ1v) is 14.6. The van der Waals surface area contributed by atoms with Gasteiger partial charge in [-0.25, -0.2) is 4.98 Å². The number of aliphatic carboxylic acids is 1. The van der Waals surface area contributed by atoms with Crippen LogP contribution in [-0.4, -0.2) is 47.3 Å². The molecule has 40 heavy (non-hydrogen) atoms. The third kappa shape index (κ3) is 5.67. The lowest BCUT2D eigenvalue weighted by atomic mass is 10.1. The molecule has 2 saturated carbocycles. The third-order valence-electron chi connectivity index (χ3n) is 7.58. The van der Waals surface area contributed by atoms with Crippen molar-refractivity contribution in [3.63, 3.8) is 0 Å². The Morgan fingerprint density at radius 2 is 1.85 bits per heavy atom. The highest BCUT2D eigenvalue weighted by molar-refractivity contribution is 7.14. The Morgan fingerprint density at radius 3 is 2.45 bits per heavy atom. The Balaban J connectivity index is 0.000000467. The van der Waals surface area contributed by atoms with E-state index in [1.807, 2.05) is 30.5 Å². The summed E-state index contributed by atoms with van der Waals surface area (Å²) in [4.78, 5) is 31.3. The summed E-state index contributed by atoms with van der Waals surface area (Å²) >= 11 is 7.52. The van der Waals surface area contributed by atoms with Crippen LogP contribution < -0.4 is 14.4 Å². The normalized spacial score (nSPS) is 17.1.